The second kappa shape index (κ2) is 5.36. The van der Waals surface area contributed by atoms with Crippen LogP contribution < -0.4 is 5.32 Å². The molecular weight excluding hydrogens is 264 g/mol. The molecule has 0 saturated carbocycles. The van der Waals surface area contributed by atoms with Gasteiger partial charge < -0.3 is 5.32 Å². The van der Waals surface area contributed by atoms with E-state index in [1.807, 2.05) is 54.8 Å². The Morgan fingerprint density at radius 1 is 1.29 bits per heavy atom. The summed E-state index contributed by atoms with van der Waals surface area (Å²) in [4.78, 5) is 15.7. The molecule has 0 spiro atoms. The Balaban J connectivity index is 1.99. The van der Waals surface area contributed by atoms with Gasteiger partial charge in [0.1, 0.15) is 0 Å². The average Bonchev–Trinajstić information content (AvgIpc) is 2.88. The molecule has 2 aromatic heterocycles. The molecule has 106 valence electrons. The van der Waals surface area contributed by atoms with Crippen LogP contribution in [0.3, 0.4) is 0 Å². The number of nitrogens with one attached hydrogen (secondary N) is 1. The molecule has 0 bridgehead atoms. The predicted octanol–water partition coefficient (Wildman–Crippen LogP) is 3.05. The highest BCUT2D eigenvalue weighted by molar-refractivity contribution is 5.91. The van der Waals surface area contributed by atoms with Gasteiger partial charge >= 0.3 is 0 Å². The maximum atomic E-state index is 11.5. The van der Waals surface area contributed by atoms with Crippen molar-refractivity contribution in [2.24, 2.45) is 0 Å². The third-order valence-corrected chi connectivity index (χ3v) is 3.30. The van der Waals surface area contributed by atoms with Crippen molar-refractivity contribution in [3.05, 3.63) is 48.3 Å². The summed E-state index contributed by atoms with van der Waals surface area (Å²) >= 11 is 0. The van der Waals surface area contributed by atoms with Crippen molar-refractivity contribution in [1.82, 2.24) is 14.6 Å². The van der Waals surface area contributed by atoms with Crippen LogP contribution in [-0.2, 0) is 4.79 Å². The van der Waals surface area contributed by atoms with Gasteiger partial charge in [-0.05, 0) is 31.2 Å². The number of anilines is 1. The lowest BCUT2D eigenvalue weighted by atomic mass is 10.1. The molecular formula is C16H16N4O. The SMILES string of the molecule is CCC(=O)Nc1cccc(-c2ccc3ncc(C)n3n2)c1. The van der Waals surface area contributed by atoms with E-state index in [2.05, 4.69) is 15.4 Å². The molecule has 5 heteroatoms. The zero-order valence-corrected chi connectivity index (χ0v) is 12.0. The molecule has 2 heterocycles. The average molecular weight is 280 g/mol. The van der Waals surface area contributed by atoms with Gasteiger partial charge in [0.15, 0.2) is 5.65 Å². The number of aryl methyl sites for hydroxylation is 1. The molecule has 0 aliphatic heterocycles. The van der Waals surface area contributed by atoms with E-state index in [0.717, 1.165) is 28.3 Å². The van der Waals surface area contributed by atoms with Crippen molar-refractivity contribution in [2.75, 3.05) is 5.32 Å². The summed E-state index contributed by atoms with van der Waals surface area (Å²) in [6, 6.07) is 11.6. The molecule has 1 amide bonds. The summed E-state index contributed by atoms with van der Waals surface area (Å²) in [6.45, 7) is 3.80. The number of carbonyl (C=O) groups excluding carboxylic acids is 1. The Morgan fingerprint density at radius 2 is 2.14 bits per heavy atom. The van der Waals surface area contributed by atoms with Crippen molar-refractivity contribution in [1.29, 1.82) is 0 Å². The highest BCUT2D eigenvalue weighted by Gasteiger charge is 2.06. The molecule has 0 saturated heterocycles. The zero-order valence-electron chi connectivity index (χ0n) is 12.0. The van der Waals surface area contributed by atoms with Gasteiger partial charge in [-0.15, -0.1) is 0 Å². The number of rotatable bonds is 3. The number of benzene rings is 1. The fourth-order valence-electron chi connectivity index (χ4n) is 2.15. The molecule has 0 fully saturated rings. The zero-order chi connectivity index (χ0) is 14.8. The molecule has 5 nitrogen and oxygen atoms in total. The van der Waals surface area contributed by atoms with E-state index < -0.39 is 0 Å². The Bertz CT molecular complexity index is 807. The van der Waals surface area contributed by atoms with E-state index in [-0.39, 0.29) is 5.91 Å². The number of carbonyl (C=O) groups is 1. The number of aromatic nitrogens is 3. The normalized spacial score (nSPS) is 10.8. The van der Waals surface area contributed by atoms with Crippen molar-refractivity contribution in [3.8, 4) is 11.3 Å². The van der Waals surface area contributed by atoms with Gasteiger partial charge in [0, 0.05) is 17.7 Å². The van der Waals surface area contributed by atoms with Crippen LogP contribution in [0.1, 0.15) is 19.0 Å². The summed E-state index contributed by atoms with van der Waals surface area (Å²) in [6.07, 6.45) is 2.26. The molecule has 21 heavy (non-hydrogen) atoms. The van der Waals surface area contributed by atoms with E-state index in [4.69, 9.17) is 0 Å². The van der Waals surface area contributed by atoms with Crippen LogP contribution in [0.2, 0.25) is 0 Å². The first-order chi connectivity index (χ1) is 10.2. The van der Waals surface area contributed by atoms with Gasteiger partial charge in [0.2, 0.25) is 5.91 Å². The molecule has 1 N–H and O–H groups in total. The summed E-state index contributed by atoms with van der Waals surface area (Å²) in [5.41, 5.74) is 4.40. The van der Waals surface area contributed by atoms with Crippen LogP contribution in [0.5, 0.6) is 0 Å². The Morgan fingerprint density at radius 3 is 2.95 bits per heavy atom. The summed E-state index contributed by atoms with van der Waals surface area (Å²) in [5.74, 6) is 0.000940. The van der Waals surface area contributed by atoms with Crippen LogP contribution >= 0.6 is 0 Å². The molecule has 0 unspecified atom stereocenters. The van der Waals surface area contributed by atoms with Gasteiger partial charge in [-0.2, -0.15) is 5.10 Å². The number of imidazole rings is 1. The van der Waals surface area contributed by atoms with Crippen molar-refractivity contribution in [2.45, 2.75) is 20.3 Å². The molecule has 1 aromatic carbocycles. The van der Waals surface area contributed by atoms with E-state index in [1.165, 1.54) is 0 Å². The topological polar surface area (TPSA) is 59.3 Å². The molecule has 0 aliphatic carbocycles. The van der Waals surface area contributed by atoms with Crippen molar-refractivity contribution < 1.29 is 4.79 Å². The Labute approximate surface area is 122 Å². The standard InChI is InChI=1S/C16H16N4O/c1-3-16(21)18-13-6-4-5-12(9-13)14-7-8-15-17-10-11(2)20(15)19-14/h4-10H,3H2,1-2H3,(H,18,21). The quantitative estimate of drug-likeness (QED) is 0.802. The lowest BCUT2D eigenvalue weighted by Crippen LogP contribution is -2.09. The number of hydrogen-bond donors (Lipinski definition) is 1. The van der Waals surface area contributed by atoms with Crippen LogP contribution in [0, 0.1) is 6.92 Å². The van der Waals surface area contributed by atoms with Gasteiger partial charge in [0.05, 0.1) is 17.6 Å². The second-order valence-corrected chi connectivity index (χ2v) is 4.87. The number of amides is 1. The first-order valence-electron chi connectivity index (χ1n) is 6.89. The first-order valence-corrected chi connectivity index (χ1v) is 6.89. The van der Waals surface area contributed by atoms with Gasteiger partial charge in [-0.3, -0.25) is 4.79 Å². The third-order valence-electron chi connectivity index (χ3n) is 3.30. The fraction of sp³-hybridized carbons (Fsp3) is 0.188. The van der Waals surface area contributed by atoms with Gasteiger partial charge in [-0.1, -0.05) is 19.1 Å². The van der Waals surface area contributed by atoms with Gasteiger partial charge in [-0.25, -0.2) is 9.50 Å². The predicted molar refractivity (Wildman–Crippen MR) is 82.1 cm³/mol. The molecule has 0 radical (unpaired) electrons. The second-order valence-electron chi connectivity index (χ2n) is 4.87. The van der Waals surface area contributed by atoms with E-state index >= 15 is 0 Å². The van der Waals surface area contributed by atoms with Crippen molar-refractivity contribution in [3.63, 3.8) is 0 Å². The maximum absolute atomic E-state index is 11.5. The van der Waals surface area contributed by atoms with Crippen LogP contribution in [0.4, 0.5) is 5.69 Å². The van der Waals surface area contributed by atoms with Crippen LogP contribution in [0.25, 0.3) is 16.9 Å². The molecule has 3 aromatic rings. The number of nitrogens with zero attached hydrogens (tertiary/aromatic N) is 3. The summed E-state index contributed by atoms with van der Waals surface area (Å²) in [7, 11) is 0. The highest BCUT2D eigenvalue weighted by Crippen LogP contribution is 2.21. The molecule has 3 rings (SSSR count). The minimum atomic E-state index is 0.000940. The Hall–Kier alpha value is -2.69. The summed E-state index contributed by atoms with van der Waals surface area (Å²) in [5, 5.41) is 7.45. The molecule has 0 atom stereocenters. The monoisotopic (exact) mass is 280 g/mol. The van der Waals surface area contributed by atoms with Crippen LogP contribution in [0.15, 0.2) is 42.6 Å². The largest absolute Gasteiger partial charge is 0.326 e. The van der Waals surface area contributed by atoms with E-state index in [9.17, 15) is 4.79 Å². The van der Waals surface area contributed by atoms with Gasteiger partial charge in [0.25, 0.3) is 0 Å². The van der Waals surface area contributed by atoms with E-state index in [1.54, 1.807) is 6.20 Å². The van der Waals surface area contributed by atoms with E-state index in [0.29, 0.717) is 6.42 Å². The number of hydrogen-bond acceptors (Lipinski definition) is 3. The minimum absolute atomic E-state index is 0.000940. The fourth-order valence-corrected chi connectivity index (χ4v) is 2.15. The number of fused-ring (bicyclic) bond motifs is 1. The molecule has 0 aliphatic rings. The van der Waals surface area contributed by atoms with Crippen LogP contribution in [-0.4, -0.2) is 20.5 Å². The lowest BCUT2D eigenvalue weighted by molar-refractivity contribution is -0.115. The highest BCUT2D eigenvalue weighted by atomic mass is 16.1. The summed E-state index contributed by atoms with van der Waals surface area (Å²) < 4.78 is 1.81. The minimum Gasteiger partial charge on any atom is -0.326 e. The Kier molecular flexibility index (Phi) is 3.39. The van der Waals surface area contributed by atoms with Crippen molar-refractivity contribution >= 4 is 17.2 Å². The lowest BCUT2D eigenvalue weighted by Gasteiger charge is -2.07. The first kappa shape index (κ1) is 13.3. The maximum Gasteiger partial charge on any atom is 0.224 e. The third kappa shape index (κ3) is 2.63. The smallest absolute Gasteiger partial charge is 0.224 e.